The van der Waals surface area contributed by atoms with Gasteiger partial charge in [-0.15, -0.1) is 0 Å². The summed E-state index contributed by atoms with van der Waals surface area (Å²) in [6.45, 7) is 1.15. The van der Waals surface area contributed by atoms with Crippen LogP contribution in [-0.2, 0) is 4.79 Å². The summed E-state index contributed by atoms with van der Waals surface area (Å²) in [7, 11) is 0. The number of halogens is 2. The molecule has 2 aliphatic rings. The Morgan fingerprint density at radius 1 is 1.46 bits per heavy atom. The summed E-state index contributed by atoms with van der Waals surface area (Å²) < 4.78 is 6.68. The molecule has 3 rings (SSSR count). The standard InChI is InChI=1S/C17H19BrClN3O2/c18-11-3-6-16(14(19)8-11)24-10-12-4-5-15(21-12)17(23)22-7-1-2-13(22)9-20/h3,6,8,12-13,15,21H,1-2,4-5,7,10H2/t12-,13+,15+/m1/s1. The zero-order valence-corrected chi connectivity index (χ0v) is 15.5. The number of hydrogen-bond donors (Lipinski definition) is 1. The van der Waals surface area contributed by atoms with Gasteiger partial charge in [0.15, 0.2) is 0 Å². The van der Waals surface area contributed by atoms with E-state index >= 15 is 0 Å². The van der Waals surface area contributed by atoms with E-state index in [9.17, 15) is 4.79 Å². The summed E-state index contributed by atoms with van der Waals surface area (Å²) in [5.74, 6) is 0.684. The van der Waals surface area contributed by atoms with E-state index in [1.807, 2.05) is 12.1 Å². The molecule has 0 unspecified atom stereocenters. The second-order valence-corrected chi connectivity index (χ2v) is 7.52. The smallest absolute Gasteiger partial charge is 0.240 e. The molecule has 1 aromatic carbocycles. The van der Waals surface area contributed by atoms with E-state index in [0.29, 0.717) is 23.9 Å². The van der Waals surface area contributed by atoms with Crippen LogP contribution < -0.4 is 10.1 Å². The Balaban J connectivity index is 1.52. The van der Waals surface area contributed by atoms with Crippen molar-refractivity contribution in [2.24, 2.45) is 0 Å². The van der Waals surface area contributed by atoms with Crippen molar-refractivity contribution in [3.05, 3.63) is 27.7 Å². The lowest BCUT2D eigenvalue weighted by Gasteiger charge is -2.24. The molecule has 2 fully saturated rings. The minimum atomic E-state index is -0.267. The third-order valence-electron chi connectivity index (χ3n) is 4.56. The third-order valence-corrected chi connectivity index (χ3v) is 5.35. The topological polar surface area (TPSA) is 65.4 Å². The van der Waals surface area contributed by atoms with Crippen molar-refractivity contribution in [3.8, 4) is 11.8 Å². The van der Waals surface area contributed by atoms with Crippen molar-refractivity contribution in [2.45, 2.75) is 43.8 Å². The first-order chi connectivity index (χ1) is 11.6. The maximum atomic E-state index is 12.6. The number of amides is 1. The lowest BCUT2D eigenvalue weighted by atomic mass is 10.1. The molecule has 0 aromatic heterocycles. The fourth-order valence-electron chi connectivity index (χ4n) is 3.29. The van der Waals surface area contributed by atoms with E-state index in [-0.39, 0.29) is 24.0 Å². The number of carbonyl (C=O) groups excluding carboxylic acids is 1. The van der Waals surface area contributed by atoms with Crippen LogP contribution >= 0.6 is 27.5 Å². The van der Waals surface area contributed by atoms with Crippen molar-refractivity contribution in [3.63, 3.8) is 0 Å². The predicted molar refractivity (Wildman–Crippen MR) is 94.9 cm³/mol. The Bertz CT molecular complexity index is 664. The van der Waals surface area contributed by atoms with Gasteiger partial charge in [0.25, 0.3) is 0 Å². The van der Waals surface area contributed by atoms with Crippen LogP contribution in [0.15, 0.2) is 22.7 Å². The molecule has 2 saturated heterocycles. The quantitative estimate of drug-likeness (QED) is 0.825. The summed E-state index contributed by atoms with van der Waals surface area (Å²) in [4.78, 5) is 14.3. The van der Waals surface area contributed by atoms with Gasteiger partial charge in [-0.2, -0.15) is 5.26 Å². The lowest BCUT2D eigenvalue weighted by Crippen LogP contribution is -2.47. The number of benzene rings is 1. The molecular weight excluding hydrogens is 394 g/mol. The molecular formula is C17H19BrClN3O2. The van der Waals surface area contributed by atoms with Crippen molar-refractivity contribution in [1.29, 1.82) is 5.26 Å². The molecule has 1 amide bonds. The van der Waals surface area contributed by atoms with Gasteiger partial charge in [-0.3, -0.25) is 10.1 Å². The van der Waals surface area contributed by atoms with E-state index < -0.39 is 0 Å². The van der Waals surface area contributed by atoms with Gasteiger partial charge in [0.1, 0.15) is 18.4 Å². The first-order valence-corrected chi connectivity index (χ1v) is 9.29. The highest BCUT2D eigenvalue weighted by Gasteiger charge is 2.36. The van der Waals surface area contributed by atoms with Crippen LogP contribution in [0, 0.1) is 11.3 Å². The largest absolute Gasteiger partial charge is 0.490 e. The zero-order valence-electron chi connectivity index (χ0n) is 13.2. The van der Waals surface area contributed by atoms with E-state index in [2.05, 4.69) is 27.3 Å². The predicted octanol–water partition coefficient (Wildman–Crippen LogP) is 3.12. The number of nitrogens with one attached hydrogen (secondary N) is 1. The Kier molecular flexibility index (Phi) is 5.65. The second-order valence-electron chi connectivity index (χ2n) is 6.20. The molecule has 0 spiro atoms. The van der Waals surface area contributed by atoms with Crippen LogP contribution in [0.2, 0.25) is 5.02 Å². The van der Waals surface area contributed by atoms with Gasteiger partial charge in [-0.25, -0.2) is 0 Å². The van der Waals surface area contributed by atoms with Crippen LogP contribution in [0.4, 0.5) is 0 Å². The van der Waals surface area contributed by atoms with Gasteiger partial charge >= 0.3 is 0 Å². The molecule has 2 heterocycles. The van der Waals surface area contributed by atoms with E-state index in [0.717, 1.165) is 30.2 Å². The first-order valence-electron chi connectivity index (χ1n) is 8.12. The molecule has 24 heavy (non-hydrogen) atoms. The van der Waals surface area contributed by atoms with Gasteiger partial charge in [0.05, 0.1) is 17.1 Å². The summed E-state index contributed by atoms with van der Waals surface area (Å²) in [6.07, 6.45) is 3.33. The number of nitriles is 1. The molecule has 1 aromatic rings. The Morgan fingerprint density at radius 3 is 3.04 bits per heavy atom. The van der Waals surface area contributed by atoms with Crippen LogP contribution in [-0.4, -0.2) is 42.1 Å². The summed E-state index contributed by atoms with van der Waals surface area (Å²) >= 11 is 9.51. The number of nitrogens with zero attached hydrogens (tertiary/aromatic N) is 2. The monoisotopic (exact) mass is 411 g/mol. The maximum Gasteiger partial charge on any atom is 0.240 e. The third kappa shape index (κ3) is 3.85. The SMILES string of the molecule is N#C[C@@H]1CCCN1C(=O)[C@@H]1CC[C@H](COc2ccc(Br)cc2Cl)N1. The molecule has 0 bridgehead atoms. The van der Waals surface area contributed by atoms with Gasteiger partial charge in [-0.1, -0.05) is 27.5 Å². The average molecular weight is 413 g/mol. The number of rotatable bonds is 4. The number of likely N-dealkylation sites (tertiary alicyclic amines) is 1. The van der Waals surface area contributed by atoms with E-state index in [1.54, 1.807) is 11.0 Å². The Morgan fingerprint density at radius 2 is 2.29 bits per heavy atom. The lowest BCUT2D eigenvalue weighted by molar-refractivity contribution is -0.133. The first kappa shape index (κ1) is 17.5. The van der Waals surface area contributed by atoms with Gasteiger partial charge < -0.3 is 9.64 Å². The number of ether oxygens (including phenoxy) is 1. The highest BCUT2D eigenvalue weighted by atomic mass is 79.9. The Labute approximate surface area is 155 Å². The molecule has 3 atom stereocenters. The number of hydrogen-bond acceptors (Lipinski definition) is 4. The molecule has 7 heteroatoms. The number of carbonyl (C=O) groups is 1. The molecule has 0 saturated carbocycles. The molecule has 2 aliphatic heterocycles. The summed E-state index contributed by atoms with van der Waals surface area (Å²) in [5, 5.41) is 13.0. The fourth-order valence-corrected chi connectivity index (χ4v) is 4.02. The molecule has 1 N–H and O–H groups in total. The van der Waals surface area contributed by atoms with Crippen LogP contribution in [0.1, 0.15) is 25.7 Å². The van der Waals surface area contributed by atoms with Gasteiger partial charge in [0, 0.05) is 17.1 Å². The molecule has 0 radical (unpaired) electrons. The van der Waals surface area contributed by atoms with Gasteiger partial charge in [0.2, 0.25) is 5.91 Å². The summed E-state index contributed by atoms with van der Waals surface area (Å²) in [6, 6.07) is 7.35. The van der Waals surface area contributed by atoms with Crippen molar-refractivity contribution in [1.82, 2.24) is 10.2 Å². The second kappa shape index (κ2) is 7.73. The van der Waals surface area contributed by atoms with Crippen molar-refractivity contribution >= 4 is 33.4 Å². The molecule has 0 aliphatic carbocycles. The maximum absolute atomic E-state index is 12.6. The Hall–Kier alpha value is -1.29. The minimum absolute atomic E-state index is 0.0447. The van der Waals surface area contributed by atoms with E-state index in [4.69, 9.17) is 21.6 Å². The molecule has 5 nitrogen and oxygen atoms in total. The van der Waals surface area contributed by atoms with Crippen molar-refractivity contribution in [2.75, 3.05) is 13.2 Å². The zero-order chi connectivity index (χ0) is 17.1. The highest BCUT2D eigenvalue weighted by Crippen LogP contribution is 2.28. The highest BCUT2D eigenvalue weighted by molar-refractivity contribution is 9.10. The normalized spacial score (nSPS) is 26.4. The summed E-state index contributed by atoms with van der Waals surface area (Å²) in [5.41, 5.74) is 0. The van der Waals surface area contributed by atoms with Crippen LogP contribution in [0.3, 0.4) is 0 Å². The minimum Gasteiger partial charge on any atom is -0.490 e. The molecule has 128 valence electrons. The average Bonchev–Trinajstić information content (AvgIpc) is 3.22. The van der Waals surface area contributed by atoms with Crippen LogP contribution in [0.5, 0.6) is 5.75 Å². The van der Waals surface area contributed by atoms with Crippen LogP contribution in [0.25, 0.3) is 0 Å². The van der Waals surface area contributed by atoms with Crippen molar-refractivity contribution < 1.29 is 9.53 Å². The fraction of sp³-hybridized carbons (Fsp3) is 0.529. The van der Waals surface area contributed by atoms with Gasteiger partial charge in [-0.05, 0) is 43.9 Å². The van der Waals surface area contributed by atoms with E-state index in [1.165, 1.54) is 0 Å².